The quantitative estimate of drug-likeness (QED) is 0.617. The summed E-state index contributed by atoms with van der Waals surface area (Å²) in [6.45, 7) is 7.78. The average Bonchev–Trinajstić information content (AvgIpc) is 2.59. The standard InChI is InChI=1S/C20H24N2O3/c1-5-15-9-11-16(12-10-15)19(13(2)3)21-20(23)17-7-6-8-18(14(17)4)22(24)25/h6-13,19H,5H2,1-4H3,(H,21,23). The van der Waals surface area contributed by atoms with Crippen LogP contribution in [-0.2, 0) is 6.42 Å². The first-order valence-electron chi connectivity index (χ1n) is 8.48. The largest absolute Gasteiger partial charge is 0.345 e. The number of carbonyl (C=O) groups is 1. The molecule has 0 fully saturated rings. The fraction of sp³-hybridized carbons (Fsp3) is 0.350. The first kappa shape index (κ1) is 18.6. The van der Waals surface area contributed by atoms with Crippen LogP contribution in [0.15, 0.2) is 42.5 Å². The molecule has 2 aromatic carbocycles. The molecule has 1 atom stereocenters. The van der Waals surface area contributed by atoms with Crippen molar-refractivity contribution in [2.24, 2.45) is 5.92 Å². The Morgan fingerprint density at radius 1 is 1.16 bits per heavy atom. The SMILES string of the molecule is CCc1ccc(C(NC(=O)c2cccc([N+](=O)[O-])c2C)C(C)C)cc1. The van der Waals surface area contributed by atoms with Gasteiger partial charge in [0.15, 0.2) is 0 Å². The fourth-order valence-electron chi connectivity index (χ4n) is 2.88. The molecule has 2 rings (SSSR count). The minimum absolute atomic E-state index is 0.0407. The Morgan fingerprint density at radius 2 is 1.80 bits per heavy atom. The van der Waals surface area contributed by atoms with Gasteiger partial charge in [-0.2, -0.15) is 0 Å². The third-order valence-corrected chi connectivity index (χ3v) is 4.45. The zero-order chi connectivity index (χ0) is 18.6. The van der Waals surface area contributed by atoms with Crippen molar-refractivity contribution in [2.75, 3.05) is 0 Å². The van der Waals surface area contributed by atoms with Crippen molar-refractivity contribution in [1.29, 1.82) is 0 Å². The van der Waals surface area contributed by atoms with Crippen molar-refractivity contribution in [3.8, 4) is 0 Å². The molecule has 1 N–H and O–H groups in total. The number of nitro groups is 1. The van der Waals surface area contributed by atoms with E-state index < -0.39 is 4.92 Å². The minimum atomic E-state index is -0.463. The molecule has 1 amide bonds. The van der Waals surface area contributed by atoms with Crippen LogP contribution in [0.25, 0.3) is 0 Å². The van der Waals surface area contributed by atoms with Gasteiger partial charge in [0.05, 0.1) is 11.0 Å². The van der Waals surface area contributed by atoms with E-state index in [1.54, 1.807) is 19.1 Å². The van der Waals surface area contributed by atoms with Crippen molar-refractivity contribution in [2.45, 2.75) is 40.2 Å². The van der Waals surface area contributed by atoms with E-state index in [1.165, 1.54) is 11.6 Å². The summed E-state index contributed by atoms with van der Waals surface area (Å²) in [5.74, 6) is -0.102. The van der Waals surface area contributed by atoms with Gasteiger partial charge in [0.25, 0.3) is 11.6 Å². The van der Waals surface area contributed by atoms with Gasteiger partial charge in [0, 0.05) is 17.2 Å². The first-order chi connectivity index (χ1) is 11.8. The molecule has 0 aliphatic carbocycles. The second kappa shape index (κ2) is 7.92. The van der Waals surface area contributed by atoms with E-state index in [4.69, 9.17) is 0 Å². The lowest BCUT2D eigenvalue weighted by Gasteiger charge is -2.23. The molecule has 132 valence electrons. The number of nitrogens with one attached hydrogen (secondary N) is 1. The topological polar surface area (TPSA) is 72.2 Å². The van der Waals surface area contributed by atoms with E-state index in [0.29, 0.717) is 11.1 Å². The van der Waals surface area contributed by atoms with Crippen molar-refractivity contribution in [3.63, 3.8) is 0 Å². The van der Waals surface area contributed by atoms with Crippen LogP contribution < -0.4 is 5.32 Å². The highest BCUT2D eigenvalue weighted by Gasteiger charge is 2.22. The van der Waals surface area contributed by atoms with Crippen LogP contribution in [0.2, 0.25) is 0 Å². The van der Waals surface area contributed by atoms with E-state index in [9.17, 15) is 14.9 Å². The van der Waals surface area contributed by atoms with Crippen molar-refractivity contribution in [1.82, 2.24) is 5.32 Å². The summed E-state index contributed by atoms with van der Waals surface area (Å²) in [4.78, 5) is 23.3. The molecule has 5 heteroatoms. The molecule has 1 unspecified atom stereocenters. The van der Waals surface area contributed by atoms with Gasteiger partial charge in [-0.15, -0.1) is 0 Å². The van der Waals surface area contributed by atoms with Gasteiger partial charge in [0.2, 0.25) is 0 Å². The maximum Gasteiger partial charge on any atom is 0.273 e. The fourth-order valence-corrected chi connectivity index (χ4v) is 2.88. The predicted molar refractivity (Wildman–Crippen MR) is 98.7 cm³/mol. The van der Waals surface area contributed by atoms with Gasteiger partial charge in [-0.1, -0.05) is 51.1 Å². The van der Waals surface area contributed by atoms with E-state index in [1.807, 2.05) is 26.0 Å². The Balaban J connectivity index is 2.29. The van der Waals surface area contributed by atoms with Gasteiger partial charge < -0.3 is 5.32 Å². The van der Waals surface area contributed by atoms with Crippen LogP contribution in [0.3, 0.4) is 0 Å². The summed E-state index contributed by atoms with van der Waals surface area (Å²) in [7, 11) is 0. The lowest BCUT2D eigenvalue weighted by molar-refractivity contribution is -0.385. The van der Waals surface area contributed by atoms with E-state index in [-0.39, 0.29) is 23.6 Å². The molecule has 0 radical (unpaired) electrons. The van der Waals surface area contributed by atoms with Crippen molar-refractivity contribution >= 4 is 11.6 Å². The molecule has 0 heterocycles. The lowest BCUT2D eigenvalue weighted by Crippen LogP contribution is -2.32. The first-order valence-corrected chi connectivity index (χ1v) is 8.48. The third kappa shape index (κ3) is 4.24. The Bertz CT molecular complexity index is 767. The Morgan fingerprint density at radius 3 is 2.32 bits per heavy atom. The van der Waals surface area contributed by atoms with E-state index >= 15 is 0 Å². The number of benzene rings is 2. The Hall–Kier alpha value is -2.69. The summed E-state index contributed by atoms with van der Waals surface area (Å²) >= 11 is 0. The molecular weight excluding hydrogens is 316 g/mol. The highest BCUT2D eigenvalue weighted by atomic mass is 16.6. The molecule has 0 bridgehead atoms. The molecule has 25 heavy (non-hydrogen) atoms. The minimum Gasteiger partial charge on any atom is -0.345 e. The van der Waals surface area contributed by atoms with Gasteiger partial charge in [-0.25, -0.2) is 0 Å². The van der Waals surface area contributed by atoms with Crippen LogP contribution in [0.4, 0.5) is 5.69 Å². The second-order valence-electron chi connectivity index (χ2n) is 6.50. The molecule has 0 saturated carbocycles. The Kier molecular flexibility index (Phi) is 5.91. The average molecular weight is 340 g/mol. The monoisotopic (exact) mass is 340 g/mol. The van der Waals surface area contributed by atoms with Gasteiger partial charge in [0.1, 0.15) is 0 Å². The maximum atomic E-state index is 12.7. The molecule has 5 nitrogen and oxygen atoms in total. The van der Waals surface area contributed by atoms with Crippen LogP contribution >= 0.6 is 0 Å². The number of nitro benzene ring substituents is 1. The third-order valence-electron chi connectivity index (χ3n) is 4.45. The number of nitrogens with zero attached hydrogens (tertiary/aromatic N) is 1. The van der Waals surface area contributed by atoms with Crippen LogP contribution in [-0.4, -0.2) is 10.8 Å². The molecule has 0 saturated heterocycles. The maximum absolute atomic E-state index is 12.7. The van der Waals surface area contributed by atoms with Gasteiger partial charge >= 0.3 is 0 Å². The van der Waals surface area contributed by atoms with E-state index in [2.05, 4.69) is 24.4 Å². The number of carbonyl (C=O) groups excluding carboxylic acids is 1. The number of aryl methyl sites for hydroxylation is 1. The lowest BCUT2D eigenvalue weighted by atomic mass is 9.94. The summed E-state index contributed by atoms with van der Waals surface area (Å²) in [6, 6.07) is 12.6. The highest BCUT2D eigenvalue weighted by Crippen LogP contribution is 2.25. The Labute approximate surface area is 148 Å². The van der Waals surface area contributed by atoms with Crippen molar-refractivity contribution < 1.29 is 9.72 Å². The summed E-state index contributed by atoms with van der Waals surface area (Å²) in [5, 5.41) is 14.1. The van der Waals surface area contributed by atoms with Crippen LogP contribution in [0, 0.1) is 23.0 Å². The molecule has 2 aromatic rings. The number of hydrogen-bond donors (Lipinski definition) is 1. The summed E-state index contributed by atoms with van der Waals surface area (Å²) in [6.07, 6.45) is 0.964. The zero-order valence-electron chi connectivity index (χ0n) is 15.1. The van der Waals surface area contributed by atoms with Gasteiger partial charge in [-0.3, -0.25) is 14.9 Å². The van der Waals surface area contributed by atoms with Crippen LogP contribution in [0.1, 0.15) is 53.9 Å². The molecule has 0 aliphatic heterocycles. The molecule has 0 spiro atoms. The molecule has 0 aromatic heterocycles. The van der Waals surface area contributed by atoms with Crippen LogP contribution in [0.5, 0.6) is 0 Å². The summed E-state index contributed by atoms with van der Waals surface area (Å²) < 4.78 is 0. The molecule has 0 aliphatic rings. The highest BCUT2D eigenvalue weighted by molar-refractivity contribution is 5.96. The smallest absolute Gasteiger partial charge is 0.273 e. The molecular formula is C20H24N2O3. The predicted octanol–water partition coefficient (Wildman–Crippen LogP) is 4.59. The normalized spacial score (nSPS) is 12.0. The van der Waals surface area contributed by atoms with Crippen molar-refractivity contribution in [3.05, 3.63) is 74.8 Å². The second-order valence-corrected chi connectivity index (χ2v) is 6.50. The number of hydrogen-bond acceptors (Lipinski definition) is 3. The number of rotatable bonds is 6. The van der Waals surface area contributed by atoms with E-state index in [0.717, 1.165) is 12.0 Å². The number of amides is 1. The zero-order valence-corrected chi connectivity index (χ0v) is 15.1. The van der Waals surface area contributed by atoms with Gasteiger partial charge in [-0.05, 0) is 36.5 Å². The summed E-state index contributed by atoms with van der Waals surface area (Å²) in [5.41, 5.74) is 2.95.